The van der Waals surface area contributed by atoms with Crippen LogP contribution in [0.1, 0.15) is 16.8 Å². The van der Waals surface area contributed by atoms with Gasteiger partial charge in [-0.1, -0.05) is 18.2 Å². The molecule has 21 heavy (non-hydrogen) atoms. The molecule has 0 unspecified atom stereocenters. The van der Waals surface area contributed by atoms with E-state index in [-0.39, 0.29) is 5.69 Å². The van der Waals surface area contributed by atoms with Crippen LogP contribution in [0.15, 0.2) is 33.9 Å². The first-order chi connectivity index (χ1) is 10.0. The zero-order valence-corrected chi connectivity index (χ0v) is 10.5. The molecule has 0 atom stereocenters. The highest BCUT2D eigenvalue weighted by Crippen LogP contribution is 2.13. The number of benzene rings is 1. The lowest BCUT2D eigenvalue weighted by Crippen LogP contribution is -2.25. The Kier molecular flexibility index (Phi) is 3.76. The predicted molar refractivity (Wildman–Crippen MR) is 74.4 cm³/mol. The van der Waals surface area contributed by atoms with Gasteiger partial charge in [0.15, 0.2) is 0 Å². The summed E-state index contributed by atoms with van der Waals surface area (Å²) in [4.78, 5) is 36.6. The molecule has 0 radical (unpaired) electrons. The van der Waals surface area contributed by atoms with Gasteiger partial charge in [0.05, 0.1) is 16.6 Å². The summed E-state index contributed by atoms with van der Waals surface area (Å²) in [6, 6.07) is 8.38. The van der Waals surface area contributed by atoms with Crippen molar-refractivity contribution in [3.05, 3.63) is 72.0 Å². The summed E-state index contributed by atoms with van der Waals surface area (Å²) in [6.07, 6.45) is 2.75. The number of H-pyrrole nitrogens is 2. The summed E-state index contributed by atoms with van der Waals surface area (Å²) in [5, 5.41) is 19.5. The van der Waals surface area contributed by atoms with Crippen molar-refractivity contribution >= 4 is 17.8 Å². The van der Waals surface area contributed by atoms with E-state index in [1.54, 1.807) is 29.2 Å². The van der Waals surface area contributed by atoms with Crippen molar-refractivity contribution in [3.63, 3.8) is 0 Å². The Hall–Kier alpha value is -3.47. The van der Waals surface area contributed by atoms with Crippen LogP contribution in [-0.2, 0) is 0 Å². The minimum Gasteiger partial charge on any atom is -0.301 e. The molecule has 104 valence electrons. The zero-order valence-electron chi connectivity index (χ0n) is 10.5. The fraction of sp³-hybridized carbons (Fsp3) is 0. The highest BCUT2D eigenvalue weighted by atomic mass is 16.6. The summed E-state index contributed by atoms with van der Waals surface area (Å²) >= 11 is 0. The molecule has 0 saturated carbocycles. The van der Waals surface area contributed by atoms with Gasteiger partial charge in [-0.3, -0.25) is 19.9 Å². The second-order valence-electron chi connectivity index (χ2n) is 3.99. The number of aromatic nitrogens is 2. The van der Waals surface area contributed by atoms with E-state index in [2.05, 4.69) is 4.98 Å². The molecule has 2 N–H and O–H groups in total. The highest BCUT2D eigenvalue weighted by molar-refractivity contribution is 5.71. The van der Waals surface area contributed by atoms with Crippen molar-refractivity contribution in [1.29, 1.82) is 5.26 Å². The minimum atomic E-state index is -1.07. The fourth-order valence-corrected chi connectivity index (χ4v) is 1.65. The molecule has 0 aliphatic carbocycles. The summed E-state index contributed by atoms with van der Waals surface area (Å²) in [7, 11) is 0. The zero-order chi connectivity index (χ0) is 15.4. The third-order valence-electron chi connectivity index (χ3n) is 2.61. The second kappa shape index (κ2) is 5.66. The molecule has 0 aliphatic rings. The first-order valence-corrected chi connectivity index (χ1v) is 5.70. The Labute approximate surface area is 117 Å². The monoisotopic (exact) mass is 284 g/mol. The molecule has 1 aromatic heterocycles. The number of hydrogen-bond acceptors (Lipinski definition) is 5. The molecule has 1 aromatic carbocycles. The van der Waals surface area contributed by atoms with Gasteiger partial charge in [-0.2, -0.15) is 5.26 Å². The van der Waals surface area contributed by atoms with Gasteiger partial charge < -0.3 is 4.98 Å². The highest BCUT2D eigenvalue weighted by Gasteiger charge is 2.18. The summed E-state index contributed by atoms with van der Waals surface area (Å²) in [5.74, 6) is 0. The van der Waals surface area contributed by atoms with E-state index >= 15 is 0 Å². The van der Waals surface area contributed by atoms with Gasteiger partial charge in [0.2, 0.25) is 0 Å². The molecule has 0 spiro atoms. The molecular formula is C13H8N4O4. The quantitative estimate of drug-likeness (QED) is 0.641. The lowest BCUT2D eigenvalue weighted by molar-refractivity contribution is -0.386. The van der Waals surface area contributed by atoms with Crippen LogP contribution in [0.25, 0.3) is 12.2 Å². The Bertz CT molecular complexity index is 869. The van der Waals surface area contributed by atoms with E-state index in [1.165, 1.54) is 12.2 Å². The van der Waals surface area contributed by atoms with E-state index < -0.39 is 21.9 Å². The Morgan fingerprint density at radius 2 is 1.81 bits per heavy atom. The van der Waals surface area contributed by atoms with E-state index in [4.69, 9.17) is 5.26 Å². The molecule has 0 bridgehead atoms. The SMILES string of the molecule is N#Cc1ccc(C=Cc2[nH]c(=O)[nH]c(=O)c2[N+](=O)[O-])cc1. The van der Waals surface area contributed by atoms with Crippen molar-refractivity contribution in [3.8, 4) is 6.07 Å². The summed E-state index contributed by atoms with van der Waals surface area (Å²) in [5.41, 5.74) is -1.70. The largest absolute Gasteiger partial charge is 0.357 e. The Balaban J connectivity index is 2.45. The van der Waals surface area contributed by atoms with Gasteiger partial charge in [0.1, 0.15) is 5.69 Å². The van der Waals surface area contributed by atoms with Crippen molar-refractivity contribution in [2.45, 2.75) is 0 Å². The van der Waals surface area contributed by atoms with Gasteiger partial charge in [-0.15, -0.1) is 0 Å². The maximum atomic E-state index is 11.4. The van der Waals surface area contributed by atoms with Crippen molar-refractivity contribution < 1.29 is 4.92 Å². The first-order valence-electron chi connectivity index (χ1n) is 5.70. The van der Waals surface area contributed by atoms with Crippen molar-refractivity contribution in [2.75, 3.05) is 0 Å². The molecular weight excluding hydrogens is 276 g/mol. The van der Waals surface area contributed by atoms with Crippen LogP contribution in [0.2, 0.25) is 0 Å². The Morgan fingerprint density at radius 3 is 2.38 bits per heavy atom. The maximum Gasteiger partial charge on any atom is 0.357 e. The molecule has 2 aromatic rings. The second-order valence-corrected chi connectivity index (χ2v) is 3.99. The van der Waals surface area contributed by atoms with E-state index in [0.717, 1.165) is 0 Å². The third kappa shape index (κ3) is 3.10. The van der Waals surface area contributed by atoms with Crippen LogP contribution < -0.4 is 11.2 Å². The summed E-state index contributed by atoms with van der Waals surface area (Å²) < 4.78 is 0. The van der Waals surface area contributed by atoms with Crippen LogP contribution >= 0.6 is 0 Å². The summed E-state index contributed by atoms with van der Waals surface area (Å²) in [6.45, 7) is 0. The van der Waals surface area contributed by atoms with Gasteiger partial charge >= 0.3 is 16.9 Å². The van der Waals surface area contributed by atoms with Crippen LogP contribution in [-0.4, -0.2) is 14.9 Å². The van der Waals surface area contributed by atoms with Gasteiger partial charge in [-0.05, 0) is 23.8 Å². The average molecular weight is 284 g/mol. The number of aromatic amines is 2. The molecule has 0 fully saturated rings. The molecule has 8 heteroatoms. The molecule has 0 aliphatic heterocycles. The standard InChI is InChI=1S/C13H8N4O4/c14-7-9-3-1-8(2-4-9)5-6-10-11(17(20)21)12(18)16-13(19)15-10/h1-6H,(H2,15,16,18,19). The van der Waals surface area contributed by atoms with Crippen molar-refractivity contribution in [2.24, 2.45) is 0 Å². The lowest BCUT2D eigenvalue weighted by Gasteiger charge is -1.97. The molecule has 0 saturated heterocycles. The maximum absolute atomic E-state index is 11.4. The fourth-order valence-electron chi connectivity index (χ4n) is 1.65. The van der Waals surface area contributed by atoms with Gasteiger partial charge in [-0.25, -0.2) is 4.79 Å². The average Bonchev–Trinajstić information content (AvgIpc) is 2.44. The Morgan fingerprint density at radius 1 is 1.14 bits per heavy atom. The number of nitriles is 1. The van der Waals surface area contributed by atoms with Gasteiger partial charge in [0, 0.05) is 0 Å². The molecule has 8 nitrogen and oxygen atoms in total. The predicted octanol–water partition coefficient (Wildman–Crippen LogP) is 1.01. The molecule has 0 amide bonds. The number of rotatable bonds is 3. The van der Waals surface area contributed by atoms with E-state index in [1.807, 2.05) is 6.07 Å². The van der Waals surface area contributed by atoms with Gasteiger partial charge in [0.25, 0.3) is 0 Å². The van der Waals surface area contributed by atoms with Crippen molar-refractivity contribution in [1.82, 2.24) is 9.97 Å². The number of hydrogen-bond donors (Lipinski definition) is 2. The lowest BCUT2D eigenvalue weighted by atomic mass is 10.1. The topological polar surface area (TPSA) is 133 Å². The number of nitrogens with one attached hydrogen (secondary N) is 2. The third-order valence-corrected chi connectivity index (χ3v) is 2.61. The molecule has 2 rings (SSSR count). The normalized spacial score (nSPS) is 10.4. The number of nitrogens with zero attached hydrogens (tertiary/aromatic N) is 2. The van der Waals surface area contributed by atoms with Crippen LogP contribution in [0.3, 0.4) is 0 Å². The minimum absolute atomic E-state index is 0.196. The number of nitro groups is 1. The van der Waals surface area contributed by atoms with E-state index in [9.17, 15) is 19.7 Å². The first kappa shape index (κ1) is 14.0. The smallest absolute Gasteiger partial charge is 0.301 e. The van der Waals surface area contributed by atoms with Crippen LogP contribution in [0, 0.1) is 21.4 Å². The van der Waals surface area contributed by atoms with E-state index in [0.29, 0.717) is 11.1 Å². The van der Waals surface area contributed by atoms with Crippen LogP contribution in [0.4, 0.5) is 5.69 Å². The van der Waals surface area contributed by atoms with Crippen LogP contribution in [0.5, 0.6) is 0 Å². The molecule has 1 heterocycles.